The number of nitrogens with two attached hydrogens (primary N) is 1. The van der Waals surface area contributed by atoms with Crippen molar-refractivity contribution in [2.24, 2.45) is 5.73 Å². The highest BCUT2D eigenvalue weighted by molar-refractivity contribution is 7.12. The number of benzene rings is 1. The van der Waals surface area contributed by atoms with Gasteiger partial charge < -0.3 is 10.7 Å². The number of pyridine rings is 1. The Balaban J connectivity index is 1.59. The summed E-state index contributed by atoms with van der Waals surface area (Å²) in [6.45, 7) is 0. The molecule has 0 aliphatic heterocycles. The Bertz CT molecular complexity index is 1510. The lowest BCUT2D eigenvalue weighted by atomic mass is 9.99. The molecule has 0 unspecified atom stereocenters. The van der Waals surface area contributed by atoms with Crippen molar-refractivity contribution in [3.05, 3.63) is 82.8 Å². The van der Waals surface area contributed by atoms with Gasteiger partial charge in [-0.1, -0.05) is 0 Å². The summed E-state index contributed by atoms with van der Waals surface area (Å²) in [6.07, 6.45) is 6.29. The second-order valence-electron chi connectivity index (χ2n) is 6.77. The molecule has 0 spiro atoms. The summed E-state index contributed by atoms with van der Waals surface area (Å²) < 4.78 is 30.7. The Morgan fingerprint density at radius 3 is 2.78 bits per heavy atom. The maximum absolute atomic E-state index is 14.7. The van der Waals surface area contributed by atoms with Crippen LogP contribution in [0.2, 0.25) is 0 Å². The number of carbonyl (C=O) groups excluding carboxylic acids is 2. The van der Waals surface area contributed by atoms with Gasteiger partial charge in [-0.15, -0.1) is 11.3 Å². The molecule has 8 nitrogen and oxygen atoms in total. The first-order valence-corrected chi connectivity index (χ1v) is 10.1. The zero-order valence-electron chi connectivity index (χ0n) is 16.0. The number of ketones is 1. The molecule has 0 saturated carbocycles. The molecule has 0 aliphatic carbocycles. The van der Waals surface area contributed by atoms with Crippen molar-refractivity contribution in [2.45, 2.75) is 0 Å². The van der Waals surface area contributed by atoms with Gasteiger partial charge in [-0.05, 0) is 24.3 Å². The van der Waals surface area contributed by atoms with Gasteiger partial charge in [0.05, 0.1) is 16.8 Å². The van der Waals surface area contributed by atoms with Gasteiger partial charge in [-0.3, -0.25) is 9.59 Å². The second kappa shape index (κ2) is 7.46. The summed E-state index contributed by atoms with van der Waals surface area (Å²) >= 11 is 1.37. The molecule has 3 N–H and O–H groups in total. The lowest BCUT2D eigenvalue weighted by Crippen LogP contribution is -2.17. The predicted octanol–water partition coefficient (Wildman–Crippen LogP) is 3.48. The molecular formula is C21H12F2N6O2S. The third-order valence-corrected chi connectivity index (χ3v) is 5.68. The Hall–Kier alpha value is -4.25. The normalized spacial score (nSPS) is 11.2. The van der Waals surface area contributed by atoms with Gasteiger partial charge in [0.15, 0.2) is 0 Å². The molecule has 0 aliphatic rings. The minimum Gasteiger partial charge on any atom is -0.366 e. The summed E-state index contributed by atoms with van der Waals surface area (Å²) in [6, 6.07) is 5.17. The Labute approximate surface area is 182 Å². The van der Waals surface area contributed by atoms with E-state index in [4.69, 9.17) is 5.73 Å². The molecule has 0 radical (unpaired) electrons. The third kappa shape index (κ3) is 3.15. The van der Waals surface area contributed by atoms with E-state index in [2.05, 4.69) is 20.1 Å². The van der Waals surface area contributed by atoms with E-state index < -0.39 is 34.5 Å². The highest BCUT2D eigenvalue weighted by Crippen LogP contribution is 2.29. The maximum Gasteiger partial charge on any atom is 0.251 e. The van der Waals surface area contributed by atoms with Gasteiger partial charge in [-0.2, -0.15) is 5.10 Å². The van der Waals surface area contributed by atoms with E-state index in [1.165, 1.54) is 17.5 Å². The molecule has 158 valence electrons. The quantitative estimate of drug-likeness (QED) is 0.397. The zero-order chi connectivity index (χ0) is 22.4. The largest absolute Gasteiger partial charge is 0.366 e. The summed E-state index contributed by atoms with van der Waals surface area (Å²) in [4.78, 5) is 36.1. The van der Waals surface area contributed by atoms with Gasteiger partial charge in [0.1, 0.15) is 17.3 Å². The summed E-state index contributed by atoms with van der Waals surface area (Å²) in [7, 11) is 0. The SMILES string of the molecule is NC(=O)c1ccc(F)c(C(=O)c2c[nH]c3ncc(-c4csc(-n5cccn5)n4)cc23)c1F. The number of nitrogens with one attached hydrogen (secondary N) is 1. The van der Waals surface area contributed by atoms with Gasteiger partial charge in [0, 0.05) is 46.7 Å². The molecule has 4 heterocycles. The lowest BCUT2D eigenvalue weighted by molar-refractivity contribution is 0.0996. The minimum absolute atomic E-state index is 0.00343. The van der Waals surface area contributed by atoms with Crippen LogP contribution in [0.15, 0.2) is 54.4 Å². The van der Waals surface area contributed by atoms with Crippen LogP contribution < -0.4 is 5.73 Å². The molecule has 5 aromatic rings. The van der Waals surface area contributed by atoms with Crippen LogP contribution in [0.5, 0.6) is 0 Å². The Morgan fingerprint density at radius 2 is 2.03 bits per heavy atom. The van der Waals surface area contributed by atoms with Crippen LogP contribution in [0.3, 0.4) is 0 Å². The number of thiazole rings is 1. The first-order valence-electron chi connectivity index (χ1n) is 9.19. The number of fused-ring (bicyclic) bond motifs is 1. The standard InChI is InChI=1S/C21H12F2N6O2S/c22-14-3-2-11(19(24)31)17(23)16(14)18(30)13-8-26-20-12(13)6-10(7-25-20)15-9-32-21(28-15)29-5-1-4-27-29/h1-9H,(H2,24,31)(H,25,26). The molecule has 4 aromatic heterocycles. The molecule has 0 bridgehead atoms. The van der Waals surface area contributed by atoms with Crippen LogP contribution in [0.1, 0.15) is 26.3 Å². The minimum atomic E-state index is -1.30. The Morgan fingerprint density at radius 1 is 1.19 bits per heavy atom. The lowest BCUT2D eigenvalue weighted by Gasteiger charge is -2.07. The zero-order valence-corrected chi connectivity index (χ0v) is 16.9. The summed E-state index contributed by atoms with van der Waals surface area (Å²) in [5.74, 6) is -4.44. The van der Waals surface area contributed by atoms with Gasteiger partial charge in [-0.25, -0.2) is 23.4 Å². The van der Waals surface area contributed by atoms with E-state index >= 15 is 0 Å². The van der Waals surface area contributed by atoms with E-state index in [1.807, 2.05) is 5.38 Å². The smallest absolute Gasteiger partial charge is 0.251 e. The van der Waals surface area contributed by atoms with Crippen LogP contribution in [-0.4, -0.2) is 36.4 Å². The average molecular weight is 450 g/mol. The molecule has 1 amide bonds. The number of amides is 1. The van der Waals surface area contributed by atoms with Crippen molar-refractivity contribution in [2.75, 3.05) is 0 Å². The molecule has 0 fully saturated rings. The van der Waals surface area contributed by atoms with E-state index in [-0.39, 0.29) is 5.56 Å². The highest BCUT2D eigenvalue weighted by atomic mass is 32.1. The average Bonchev–Trinajstić information content (AvgIpc) is 3.52. The fourth-order valence-corrected chi connectivity index (χ4v) is 4.07. The molecule has 1 aromatic carbocycles. The second-order valence-corrected chi connectivity index (χ2v) is 7.60. The summed E-state index contributed by atoms with van der Waals surface area (Å²) in [5.41, 5.74) is 5.25. The number of hydrogen-bond donors (Lipinski definition) is 2. The van der Waals surface area contributed by atoms with Gasteiger partial charge >= 0.3 is 0 Å². The van der Waals surface area contributed by atoms with Gasteiger partial charge in [0.25, 0.3) is 5.91 Å². The number of rotatable bonds is 5. The van der Waals surface area contributed by atoms with E-state index in [0.717, 1.165) is 12.1 Å². The molecule has 0 atom stereocenters. The summed E-state index contributed by atoms with van der Waals surface area (Å²) in [5, 5.41) is 6.94. The first kappa shape index (κ1) is 19.7. The van der Waals surface area contributed by atoms with Crippen LogP contribution in [0.25, 0.3) is 27.4 Å². The van der Waals surface area contributed by atoms with Gasteiger partial charge in [0.2, 0.25) is 10.9 Å². The number of H-pyrrole nitrogens is 1. The number of primary amides is 1. The monoisotopic (exact) mass is 450 g/mol. The van der Waals surface area contributed by atoms with Crippen molar-refractivity contribution in [3.8, 4) is 16.4 Å². The van der Waals surface area contributed by atoms with Crippen LogP contribution in [-0.2, 0) is 0 Å². The fraction of sp³-hybridized carbons (Fsp3) is 0. The molecule has 11 heteroatoms. The molecular weight excluding hydrogens is 438 g/mol. The fourth-order valence-electron chi connectivity index (χ4n) is 3.30. The molecule has 0 saturated heterocycles. The van der Waals surface area contributed by atoms with E-state index in [1.54, 1.807) is 35.4 Å². The van der Waals surface area contributed by atoms with Crippen LogP contribution >= 0.6 is 11.3 Å². The first-order chi connectivity index (χ1) is 15.4. The van der Waals surface area contributed by atoms with Crippen LogP contribution in [0.4, 0.5) is 8.78 Å². The number of aromatic amines is 1. The highest BCUT2D eigenvalue weighted by Gasteiger charge is 2.26. The van der Waals surface area contributed by atoms with Crippen molar-refractivity contribution in [1.29, 1.82) is 0 Å². The topological polar surface area (TPSA) is 120 Å². The van der Waals surface area contributed by atoms with Crippen molar-refractivity contribution >= 4 is 34.1 Å². The van der Waals surface area contributed by atoms with Crippen molar-refractivity contribution < 1.29 is 18.4 Å². The van der Waals surface area contributed by atoms with E-state index in [0.29, 0.717) is 27.4 Å². The number of hydrogen-bond acceptors (Lipinski definition) is 6. The van der Waals surface area contributed by atoms with E-state index in [9.17, 15) is 18.4 Å². The number of carbonyl (C=O) groups is 2. The maximum atomic E-state index is 14.7. The number of halogens is 2. The van der Waals surface area contributed by atoms with Crippen molar-refractivity contribution in [3.63, 3.8) is 0 Å². The van der Waals surface area contributed by atoms with Crippen molar-refractivity contribution in [1.82, 2.24) is 24.7 Å². The number of aromatic nitrogens is 5. The molecule has 5 rings (SSSR count). The molecule has 32 heavy (non-hydrogen) atoms. The third-order valence-electron chi connectivity index (χ3n) is 4.85. The predicted molar refractivity (Wildman–Crippen MR) is 113 cm³/mol. The number of nitrogens with zero attached hydrogens (tertiary/aromatic N) is 4. The Kier molecular flexibility index (Phi) is 4.59. The van der Waals surface area contributed by atoms with Crippen LogP contribution in [0, 0.1) is 11.6 Å².